The second-order valence-electron chi connectivity index (χ2n) is 3.72. The van der Waals surface area contributed by atoms with Crippen molar-refractivity contribution >= 4 is 0 Å². The van der Waals surface area contributed by atoms with Crippen molar-refractivity contribution in [1.29, 1.82) is 0 Å². The number of ether oxygens (including phenoxy) is 2. The van der Waals surface area contributed by atoms with Crippen molar-refractivity contribution in [2.24, 2.45) is 0 Å². The summed E-state index contributed by atoms with van der Waals surface area (Å²) < 4.78 is 10.5. The van der Waals surface area contributed by atoms with E-state index in [1.54, 1.807) is 7.11 Å². The van der Waals surface area contributed by atoms with Crippen LogP contribution in [-0.4, -0.2) is 25.4 Å². The van der Waals surface area contributed by atoms with Gasteiger partial charge in [-0.15, -0.1) is 0 Å². The van der Waals surface area contributed by atoms with Crippen LogP contribution in [0.1, 0.15) is 31.4 Å². The lowest BCUT2D eigenvalue weighted by Crippen LogP contribution is -2.08. The highest BCUT2D eigenvalue weighted by molar-refractivity contribution is 5.29. The molecule has 3 nitrogen and oxygen atoms in total. The van der Waals surface area contributed by atoms with Gasteiger partial charge in [-0.05, 0) is 24.1 Å². The summed E-state index contributed by atoms with van der Waals surface area (Å²) in [6.07, 6.45) is 1.56. The van der Waals surface area contributed by atoms with Gasteiger partial charge in [0.2, 0.25) is 0 Å². The van der Waals surface area contributed by atoms with E-state index in [9.17, 15) is 5.11 Å². The largest absolute Gasteiger partial charge is 0.497 e. The molecular formula is C13H20O3. The third-order valence-electron chi connectivity index (χ3n) is 2.40. The fraction of sp³-hybridized carbons (Fsp3) is 0.538. The number of aliphatic hydroxyl groups is 1. The Morgan fingerprint density at radius 1 is 1.38 bits per heavy atom. The van der Waals surface area contributed by atoms with E-state index in [-0.39, 0.29) is 0 Å². The van der Waals surface area contributed by atoms with Gasteiger partial charge in [-0.3, -0.25) is 0 Å². The SMILES string of the molecule is CCCCOCC(O)c1cccc(OC)c1. The van der Waals surface area contributed by atoms with Crippen LogP contribution < -0.4 is 4.74 Å². The van der Waals surface area contributed by atoms with Crippen molar-refractivity contribution in [2.75, 3.05) is 20.3 Å². The molecule has 0 heterocycles. The summed E-state index contributed by atoms with van der Waals surface area (Å²) in [7, 11) is 1.61. The normalized spacial score (nSPS) is 12.4. The number of methoxy groups -OCH3 is 1. The molecule has 1 unspecified atom stereocenters. The maximum absolute atomic E-state index is 9.86. The van der Waals surface area contributed by atoms with E-state index in [1.165, 1.54) is 0 Å². The molecule has 1 N–H and O–H groups in total. The molecule has 0 fully saturated rings. The third kappa shape index (κ3) is 4.21. The molecule has 0 radical (unpaired) electrons. The lowest BCUT2D eigenvalue weighted by Gasteiger charge is -2.12. The minimum atomic E-state index is -0.577. The number of hydrogen-bond donors (Lipinski definition) is 1. The second kappa shape index (κ2) is 7.25. The van der Waals surface area contributed by atoms with Crippen LogP contribution in [0, 0.1) is 0 Å². The van der Waals surface area contributed by atoms with Gasteiger partial charge in [0.25, 0.3) is 0 Å². The molecule has 0 saturated heterocycles. The number of benzene rings is 1. The van der Waals surface area contributed by atoms with E-state index in [0.29, 0.717) is 13.2 Å². The molecular weight excluding hydrogens is 204 g/mol. The van der Waals surface area contributed by atoms with Crippen LogP contribution in [0.25, 0.3) is 0 Å². The van der Waals surface area contributed by atoms with Gasteiger partial charge < -0.3 is 14.6 Å². The van der Waals surface area contributed by atoms with Crippen LogP contribution in [0.3, 0.4) is 0 Å². The highest BCUT2D eigenvalue weighted by Crippen LogP contribution is 2.19. The van der Waals surface area contributed by atoms with Crippen molar-refractivity contribution in [3.63, 3.8) is 0 Å². The van der Waals surface area contributed by atoms with E-state index in [2.05, 4.69) is 6.92 Å². The Hall–Kier alpha value is -1.06. The first kappa shape index (κ1) is 13.0. The quantitative estimate of drug-likeness (QED) is 0.723. The second-order valence-corrected chi connectivity index (χ2v) is 3.72. The highest BCUT2D eigenvalue weighted by atomic mass is 16.5. The molecule has 1 aromatic rings. The molecule has 90 valence electrons. The third-order valence-corrected chi connectivity index (χ3v) is 2.40. The minimum Gasteiger partial charge on any atom is -0.497 e. The first-order chi connectivity index (χ1) is 7.77. The minimum absolute atomic E-state index is 0.340. The van der Waals surface area contributed by atoms with Crippen molar-refractivity contribution in [3.05, 3.63) is 29.8 Å². The van der Waals surface area contributed by atoms with Crippen LogP contribution in [0.15, 0.2) is 24.3 Å². The van der Waals surface area contributed by atoms with E-state index >= 15 is 0 Å². The summed E-state index contributed by atoms with van der Waals surface area (Å²) in [6.45, 7) is 3.16. The van der Waals surface area contributed by atoms with Crippen LogP contribution in [0.4, 0.5) is 0 Å². The van der Waals surface area contributed by atoms with Crippen LogP contribution in [-0.2, 0) is 4.74 Å². The zero-order valence-electron chi connectivity index (χ0n) is 9.98. The number of unbranched alkanes of at least 4 members (excludes halogenated alkanes) is 1. The molecule has 1 atom stereocenters. The zero-order valence-corrected chi connectivity index (χ0v) is 9.98. The van der Waals surface area contributed by atoms with Crippen LogP contribution in [0.5, 0.6) is 5.75 Å². The Balaban J connectivity index is 2.42. The topological polar surface area (TPSA) is 38.7 Å². The molecule has 0 bridgehead atoms. The molecule has 0 saturated carbocycles. The van der Waals surface area contributed by atoms with Gasteiger partial charge in [-0.1, -0.05) is 25.5 Å². The van der Waals surface area contributed by atoms with E-state index < -0.39 is 6.10 Å². The van der Waals surface area contributed by atoms with Crippen LogP contribution >= 0.6 is 0 Å². The standard InChI is InChI=1S/C13H20O3/c1-3-4-8-16-10-13(14)11-6-5-7-12(9-11)15-2/h5-7,9,13-14H,3-4,8,10H2,1-2H3. The summed E-state index contributed by atoms with van der Waals surface area (Å²) in [5.74, 6) is 0.755. The zero-order chi connectivity index (χ0) is 11.8. The smallest absolute Gasteiger partial charge is 0.119 e. The molecule has 0 amide bonds. The number of aliphatic hydroxyl groups excluding tert-OH is 1. The molecule has 1 aromatic carbocycles. The highest BCUT2D eigenvalue weighted by Gasteiger charge is 2.08. The lowest BCUT2D eigenvalue weighted by atomic mass is 10.1. The first-order valence-electron chi connectivity index (χ1n) is 5.67. The molecule has 1 rings (SSSR count). The molecule has 16 heavy (non-hydrogen) atoms. The fourth-order valence-corrected chi connectivity index (χ4v) is 1.39. The van der Waals surface area contributed by atoms with Gasteiger partial charge in [0.05, 0.1) is 13.7 Å². The molecule has 0 aromatic heterocycles. The average Bonchev–Trinajstić information content (AvgIpc) is 2.34. The van der Waals surface area contributed by atoms with Crippen molar-refractivity contribution < 1.29 is 14.6 Å². The fourth-order valence-electron chi connectivity index (χ4n) is 1.39. The van der Waals surface area contributed by atoms with E-state index in [1.807, 2.05) is 24.3 Å². The number of rotatable bonds is 7. The van der Waals surface area contributed by atoms with Gasteiger partial charge in [0.15, 0.2) is 0 Å². The van der Waals surface area contributed by atoms with E-state index in [0.717, 1.165) is 24.2 Å². The average molecular weight is 224 g/mol. The Morgan fingerprint density at radius 2 is 2.19 bits per heavy atom. The van der Waals surface area contributed by atoms with Crippen molar-refractivity contribution in [3.8, 4) is 5.75 Å². The molecule has 3 heteroatoms. The summed E-state index contributed by atoms with van der Waals surface area (Å²) in [5, 5.41) is 9.86. The lowest BCUT2D eigenvalue weighted by molar-refractivity contribution is 0.0348. The Bertz CT molecular complexity index is 299. The van der Waals surface area contributed by atoms with Gasteiger partial charge in [-0.25, -0.2) is 0 Å². The van der Waals surface area contributed by atoms with Crippen molar-refractivity contribution in [2.45, 2.75) is 25.9 Å². The summed E-state index contributed by atoms with van der Waals surface area (Å²) in [4.78, 5) is 0. The van der Waals surface area contributed by atoms with Gasteiger partial charge in [-0.2, -0.15) is 0 Å². The Morgan fingerprint density at radius 3 is 2.88 bits per heavy atom. The van der Waals surface area contributed by atoms with Crippen LogP contribution in [0.2, 0.25) is 0 Å². The van der Waals surface area contributed by atoms with E-state index in [4.69, 9.17) is 9.47 Å². The monoisotopic (exact) mass is 224 g/mol. The summed E-state index contributed by atoms with van der Waals surface area (Å²) in [6, 6.07) is 7.42. The van der Waals surface area contributed by atoms with Gasteiger partial charge in [0.1, 0.15) is 11.9 Å². The predicted octanol–water partition coefficient (Wildman–Crippen LogP) is 2.55. The maximum atomic E-state index is 9.86. The Labute approximate surface area is 97.0 Å². The predicted molar refractivity (Wildman–Crippen MR) is 63.7 cm³/mol. The molecule has 0 spiro atoms. The molecule has 0 aliphatic carbocycles. The van der Waals surface area contributed by atoms with Crippen molar-refractivity contribution in [1.82, 2.24) is 0 Å². The molecule has 0 aliphatic heterocycles. The maximum Gasteiger partial charge on any atom is 0.119 e. The number of hydrogen-bond acceptors (Lipinski definition) is 3. The summed E-state index contributed by atoms with van der Waals surface area (Å²) in [5.41, 5.74) is 0.829. The van der Waals surface area contributed by atoms with Gasteiger partial charge in [0, 0.05) is 6.61 Å². The molecule has 0 aliphatic rings. The first-order valence-corrected chi connectivity index (χ1v) is 5.67. The van der Waals surface area contributed by atoms with Gasteiger partial charge >= 0.3 is 0 Å². The Kier molecular flexibility index (Phi) is 5.90. The summed E-state index contributed by atoms with van der Waals surface area (Å²) >= 11 is 0.